The van der Waals surface area contributed by atoms with Gasteiger partial charge < -0.3 is 9.84 Å². The third-order valence-electron chi connectivity index (χ3n) is 5.36. The van der Waals surface area contributed by atoms with Crippen LogP contribution in [0.1, 0.15) is 56.6 Å². The van der Waals surface area contributed by atoms with E-state index in [0.717, 1.165) is 46.9 Å². The van der Waals surface area contributed by atoms with Crippen molar-refractivity contribution in [3.8, 4) is 5.75 Å². The Labute approximate surface area is 128 Å². The number of rotatable bonds is 1. The van der Waals surface area contributed by atoms with Crippen molar-refractivity contribution in [2.75, 3.05) is 0 Å². The maximum absolute atomic E-state index is 10.5. The van der Waals surface area contributed by atoms with E-state index in [1.165, 1.54) is 25.7 Å². The SMILES string of the molecule is O[C@H]1CC2(CCCC(C3CC3)C2)Oc2cc(Br)ccc21. The largest absolute Gasteiger partial charge is 0.487 e. The number of ether oxygens (including phenoxy) is 1. The Kier molecular flexibility index (Phi) is 3.11. The minimum Gasteiger partial charge on any atom is -0.487 e. The Balaban J connectivity index is 1.63. The fraction of sp³-hybridized carbons (Fsp3) is 0.647. The molecule has 1 aromatic rings. The minimum atomic E-state index is -0.371. The topological polar surface area (TPSA) is 29.5 Å². The van der Waals surface area contributed by atoms with E-state index in [4.69, 9.17) is 4.74 Å². The zero-order chi connectivity index (χ0) is 13.7. The number of hydrogen-bond donors (Lipinski definition) is 1. The Hall–Kier alpha value is -0.540. The molecule has 0 radical (unpaired) electrons. The van der Waals surface area contributed by atoms with E-state index in [0.29, 0.717) is 0 Å². The molecule has 2 nitrogen and oxygen atoms in total. The van der Waals surface area contributed by atoms with Crippen LogP contribution in [0, 0.1) is 11.8 Å². The van der Waals surface area contributed by atoms with Crippen LogP contribution in [0.4, 0.5) is 0 Å². The van der Waals surface area contributed by atoms with Crippen molar-refractivity contribution in [3.05, 3.63) is 28.2 Å². The Bertz CT molecular complexity index is 526. The molecule has 3 atom stereocenters. The molecule has 1 heterocycles. The molecule has 0 bridgehead atoms. The first-order valence-electron chi connectivity index (χ1n) is 7.82. The van der Waals surface area contributed by atoms with E-state index in [2.05, 4.69) is 15.9 Å². The first-order valence-corrected chi connectivity index (χ1v) is 8.61. The van der Waals surface area contributed by atoms with E-state index >= 15 is 0 Å². The number of halogens is 1. The van der Waals surface area contributed by atoms with Gasteiger partial charge in [0.25, 0.3) is 0 Å². The van der Waals surface area contributed by atoms with Gasteiger partial charge in [-0.1, -0.05) is 22.0 Å². The van der Waals surface area contributed by atoms with E-state index in [1.807, 2.05) is 18.2 Å². The van der Waals surface area contributed by atoms with Crippen molar-refractivity contribution in [2.45, 2.75) is 56.7 Å². The van der Waals surface area contributed by atoms with Crippen molar-refractivity contribution >= 4 is 15.9 Å². The molecule has 1 N–H and O–H groups in total. The molecule has 0 aromatic heterocycles. The second kappa shape index (κ2) is 4.74. The highest BCUT2D eigenvalue weighted by molar-refractivity contribution is 9.10. The van der Waals surface area contributed by atoms with Crippen molar-refractivity contribution in [2.24, 2.45) is 11.8 Å². The summed E-state index contributed by atoms with van der Waals surface area (Å²) in [6, 6.07) is 5.98. The summed E-state index contributed by atoms with van der Waals surface area (Å²) in [6.07, 6.45) is 8.06. The van der Waals surface area contributed by atoms with Crippen LogP contribution in [0.5, 0.6) is 5.75 Å². The number of hydrogen-bond acceptors (Lipinski definition) is 2. The molecule has 1 aromatic carbocycles. The van der Waals surface area contributed by atoms with Crippen molar-refractivity contribution in [1.82, 2.24) is 0 Å². The van der Waals surface area contributed by atoms with Crippen LogP contribution in [-0.4, -0.2) is 10.7 Å². The summed E-state index contributed by atoms with van der Waals surface area (Å²) in [4.78, 5) is 0. The van der Waals surface area contributed by atoms with Gasteiger partial charge in [-0.2, -0.15) is 0 Å². The highest BCUT2D eigenvalue weighted by Crippen LogP contribution is 2.52. The van der Waals surface area contributed by atoms with Crippen molar-refractivity contribution in [3.63, 3.8) is 0 Å². The van der Waals surface area contributed by atoms with Gasteiger partial charge in [0.1, 0.15) is 11.4 Å². The van der Waals surface area contributed by atoms with Crippen molar-refractivity contribution < 1.29 is 9.84 Å². The molecular weight excluding hydrogens is 316 g/mol. The van der Waals surface area contributed by atoms with Crippen LogP contribution in [-0.2, 0) is 0 Å². The third kappa shape index (κ3) is 2.29. The van der Waals surface area contributed by atoms with Gasteiger partial charge in [-0.15, -0.1) is 0 Å². The maximum Gasteiger partial charge on any atom is 0.127 e. The van der Waals surface area contributed by atoms with Crippen LogP contribution in [0.2, 0.25) is 0 Å². The van der Waals surface area contributed by atoms with E-state index in [9.17, 15) is 5.11 Å². The average molecular weight is 337 g/mol. The highest BCUT2D eigenvalue weighted by Gasteiger charge is 2.47. The Morgan fingerprint density at radius 1 is 1.15 bits per heavy atom. The molecule has 0 amide bonds. The van der Waals surface area contributed by atoms with Gasteiger partial charge in [0.05, 0.1) is 6.10 Å². The second-order valence-corrected chi connectivity index (χ2v) is 7.80. The van der Waals surface area contributed by atoms with Gasteiger partial charge in [-0.05, 0) is 62.5 Å². The van der Waals surface area contributed by atoms with Gasteiger partial charge in [0.2, 0.25) is 0 Å². The molecule has 2 unspecified atom stereocenters. The standard InChI is InChI=1S/C17H21BrO2/c18-13-5-6-14-15(19)10-17(20-16(14)8-13)7-1-2-12(9-17)11-3-4-11/h5-6,8,11-12,15,19H,1-4,7,9-10H2/t12?,15-,17?/m0/s1. The van der Waals surface area contributed by atoms with Crippen LogP contribution in [0.25, 0.3) is 0 Å². The molecule has 2 aliphatic carbocycles. The highest BCUT2D eigenvalue weighted by atomic mass is 79.9. The van der Waals surface area contributed by atoms with Gasteiger partial charge in [-0.25, -0.2) is 0 Å². The zero-order valence-electron chi connectivity index (χ0n) is 11.6. The lowest BCUT2D eigenvalue weighted by Gasteiger charge is -2.45. The lowest BCUT2D eigenvalue weighted by molar-refractivity contribution is -0.0544. The molecule has 0 saturated heterocycles. The van der Waals surface area contributed by atoms with Crippen molar-refractivity contribution in [1.29, 1.82) is 0 Å². The summed E-state index contributed by atoms with van der Waals surface area (Å²) in [6.45, 7) is 0. The first kappa shape index (κ1) is 13.1. The Morgan fingerprint density at radius 3 is 2.80 bits per heavy atom. The average Bonchev–Trinajstić information content (AvgIpc) is 3.22. The summed E-state index contributed by atoms with van der Waals surface area (Å²) in [7, 11) is 0. The fourth-order valence-electron chi connectivity index (χ4n) is 4.23. The molecule has 3 heteroatoms. The number of aliphatic hydroxyl groups is 1. The second-order valence-electron chi connectivity index (χ2n) is 6.88. The number of fused-ring (bicyclic) bond motifs is 1. The molecule has 108 valence electrons. The predicted octanol–water partition coefficient (Wildman–Crippen LogP) is 4.60. The minimum absolute atomic E-state index is 0.112. The number of aliphatic hydroxyl groups excluding tert-OH is 1. The van der Waals surface area contributed by atoms with Crippen LogP contribution in [0.15, 0.2) is 22.7 Å². The van der Waals surface area contributed by atoms with E-state index < -0.39 is 0 Å². The first-order chi connectivity index (χ1) is 9.65. The van der Waals surface area contributed by atoms with Crippen LogP contribution in [0.3, 0.4) is 0 Å². The molecule has 20 heavy (non-hydrogen) atoms. The van der Waals surface area contributed by atoms with E-state index in [-0.39, 0.29) is 11.7 Å². The zero-order valence-corrected chi connectivity index (χ0v) is 13.2. The normalized spacial score (nSPS) is 36.5. The monoisotopic (exact) mass is 336 g/mol. The summed E-state index contributed by atoms with van der Waals surface area (Å²) in [5.74, 6) is 2.65. The van der Waals surface area contributed by atoms with E-state index in [1.54, 1.807) is 0 Å². The molecular formula is C17H21BrO2. The van der Waals surface area contributed by atoms with Gasteiger partial charge in [-0.3, -0.25) is 0 Å². The molecule has 4 rings (SSSR count). The predicted molar refractivity (Wildman–Crippen MR) is 81.8 cm³/mol. The summed E-state index contributed by atoms with van der Waals surface area (Å²) in [5, 5.41) is 10.5. The lowest BCUT2D eigenvalue weighted by Crippen LogP contribution is -2.45. The third-order valence-corrected chi connectivity index (χ3v) is 5.85. The van der Waals surface area contributed by atoms with Gasteiger partial charge >= 0.3 is 0 Å². The molecule has 1 aliphatic heterocycles. The Morgan fingerprint density at radius 2 is 2.00 bits per heavy atom. The molecule has 1 spiro atoms. The van der Waals surface area contributed by atoms with Gasteiger partial charge in [0.15, 0.2) is 0 Å². The maximum atomic E-state index is 10.5. The molecule has 2 saturated carbocycles. The summed E-state index contributed by atoms with van der Waals surface area (Å²) < 4.78 is 7.45. The van der Waals surface area contributed by atoms with Gasteiger partial charge in [0, 0.05) is 16.5 Å². The van der Waals surface area contributed by atoms with Crippen LogP contribution >= 0.6 is 15.9 Å². The molecule has 2 fully saturated rings. The summed E-state index contributed by atoms with van der Waals surface area (Å²) >= 11 is 3.51. The quantitative estimate of drug-likeness (QED) is 0.811. The molecule has 3 aliphatic rings. The lowest BCUT2D eigenvalue weighted by atomic mass is 9.72. The fourth-order valence-corrected chi connectivity index (χ4v) is 4.57. The van der Waals surface area contributed by atoms with Crippen LogP contribution < -0.4 is 4.74 Å². The number of benzene rings is 1. The summed E-state index contributed by atoms with van der Waals surface area (Å²) in [5.41, 5.74) is 0.839. The smallest absolute Gasteiger partial charge is 0.127 e.